The van der Waals surface area contributed by atoms with Crippen molar-refractivity contribution in [2.75, 3.05) is 13.2 Å². The summed E-state index contributed by atoms with van der Waals surface area (Å²) in [6, 6.07) is 7.35. The summed E-state index contributed by atoms with van der Waals surface area (Å²) in [7, 11) is 0. The molecule has 14 atom stereocenters. The largest absolute Gasteiger partial charge is 0.508 e. The number of ether oxygens (including phenoxy) is 6. The number of phenols is 2. The fourth-order valence-electron chi connectivity index (χ4n) is 5.95. The van der Waals surface area contributed by atoms with Crippen molar-refractivity contribution in [3.05, 3.63) is 46.6 Å². The van der Waals surface area contributed by atoms with E-state index in [1.807, 2.05) is 0 Å². The van der Waals surface area contributed by atoms with Crippen molar-refractivity contribution in [1.29, 1.82) is 0 Å². The molecule has 0 bridgehead atoms. The predicted molar refractivity (Wildman–Crippen MR) is 165 cm³/mol. The third-order valence-electron chi connectivity index (χ3n) is 8.90. The number of hydrogen-bond acceptors (Lipinski definition) is 19. The summed E-state index contributed by atoms with van der Waals surface area (Å²) in [6.45, 7) is 0.106. The molecule has 280 valence electrons. The molecule has 51 heavy (non-hydrogen) atoms. The molecular formula is C32H38O19. The summed E-state index contributed by atoms with van der Waals surface area (Å²) >= 11 is 0. The number of aromatic hydroxyl groups is 2. The summed E-state index contributed by atoms with van der Waals surface area (Å²) < 4.78 is 39.7. The van der Waals surface area contributed by atoms with Crippen LogP contribution < -0.4 is 14.9 Å². The molecule has 6 rings (SSSR count). The Morgan fingerprint density at radius 1 is 0.765 bits per heavy atom. The van der Waals surface area contributed by atoms with Crippen LogP contribution in [0.3, 0.4) is 0 Å². The fourth-order valence-corrected chi connectivity index (χ4v) is 5.95. The molecule has 0 spiro atoms. The molecule has 0 unspecified atom stereocenters. The highest BCUT2D eigenvalue weighted by molar-refractivity contribution is 5.88. The van der Waals surface area contributed by atoms with Gasteiger partial charge in [0.25, 0.3) is 0 Å². The van der Waals surface area contributed by atoms with Gasteiger partial charge in [-0.2, -0.15) is 0 Å². The normalized spacial score (nSPS) is 37.3. The van der Waals surface area contributed by atoms with Crippen LogP contribution in [0.25, 0.3) is 22.3 Å². The minimum absolute atomic E-state index is 0.125. The molecule has 3 aliphatic heterocycles. The van der Waals surface area contributed by atoms with E-state index < -0.39 is 122 Å². The SMILES string of the molecule is C[C@@H]1O[C@@H](Oc2cc(O)c3c(=O)c(O[C@@H]4O[C@H](CO)[C@@H](O)[C@H](O)[C@H]4O[C@@H]4OC[C@@H](O)[C@H](O)[C@H]4O)c(-c4ccc(O)cc4)oc3c2)[C@H](O)[C@H](O)[C@H]1O. The second-order valence-electron chi connectivity index (χ2n) is 12.4. The lowest BCUT2D eigenvalue weighted by Crippen LogP contribution is -2.64. The lowest BCUT2D eigenvalue weighted by Gasteiger charge is -2.44. The quantitative estimate of drug-likeness (QED) is 0.108. The van der Waals surface area contributed by atoms with Gasteiger partial charge in [0, 0.05) is 17.7 Å². The van der Waals surface area contributed by atoms with E-state index in [1.54, 1.807) is 0 Å². The maximum atomic E-state index is 14.1. The van der Waals surface area contributed by atoms with Crippen molar-refractivity contribution in [2.45, 2.75) is 92.9 Å². The van der Waals surface area contributed by atoms with Gasteiger partial charge in [-0.15, -0.1) is 0 Å². The lowest BCUT2D eigenvalue weighted by atomic mass is 9.98. The van der Waals surface area contributed by atoms with Crippen LogP contribution in [0.4, 0.5) is 0 Å². The maximum absolute atomic E-state index is 14.1. The van der Waals surface area contributed by atoms with Gasteiger partial charge in [0.1, 0.15) is 83.2 Å². The first kappa shape index (κ1) is 37.1. The van der Waals surface area contributed by atoms with Gasteiger partial charge in [0.05, 0.1) is 19.3 Å². The topological polar surface area (TPSA) is 308 Å². The number of fused-ring (bicyclic) bond motifs is 1. The minimum atomic E-state index is -1.92. The number of hydrogen-bond donors (Lipinski definition) is 11. The molecule has 0 radical (unpaired) electrons. The first-order valence-electron chi connectivity index (χ1n) is 15.8. The molecule has 0 amide bonds. The molecule has 3 fully saturated rings. The van der Waals surface area contributed by atoms with E-state index >= 15 is 0 Å². The van der Waals surface area contributed by atoms with Gasteiger partial charge in [-0.1, -0.05) is 0 Å². The molecule has 2 aromatic carbocycles. The summed E-state index contributed by atoms with van der Waals surface area (Å²) in [5.41, 5.74) is -1.20. The molecule has 3 saturated heterocycles. The van der Waals surface area contributed by atoms with Crippen LogP contribution in [0.2, 0.25) is 0 Å². The van der Waals surface area contributed by atoms with E-state index in [0.717, 1.165) is 12.1 Å². The van der Waals surface area contributed by atoms with Gasteiger partial charge in [0.15, 0.2) is 18.2 Å². The predicted octanol–water partition coefficient (Wildman–Crippen LogP) is -3.28. The summed E-state index contributed by atoms with van der Waals surface area (Å²) in [5, 5.41) is 113. The van der Waals surface area contributed by atoms with Crippen molar-refractivity contribution < 1.29 is 89.0 Å². The van der Waals surface area contributed by atoms with Gasteiger partial charge >= 0.3 is 0 Å². The van der Waals surface area contributed by atoms with Crippen molar-refractivity contribution in [2.24, 2.45) is 0 Å². The summed E-state index contributed by atoms with van der Waals surface area (Å²) in [5.74, 6) is -2.06. The molecule has 0 aliphatic carbocycles. The summed E-state index contributed by atoms with van der Waals surface area (Å²) in [4.78, 5) is 14.1. The zero-order valence-corrected chi connectivity index (χ0v) is 26.6. The van der Waals surface area contributed by atoms with Crippen LogP contribution >= 0.6 is 0 Å². The molecule has 3 aromatic rings. The Morgan fingerprint density at radius 3 is 2.14 bits per heavy atom. The second-order valence-corrected chi connectivity index (χ2v) is 12.4. The van der Waals surface area contributed by atoms with Crippen molar-refractivity contribution in [3.8, 4) is 34.3 Å². The van der Waals surface area contributed by atoms with E-state index in [1.165, 1.54) is 31.2 Å². The van der Waals surface area contributed by atoms with Crippen LogP contribution in [-0.4, -0.2) is 155 Å². The molecule has 0 saturated carbocycles. The Labute approximate surface area is 287 Å². The monoisotopic (exact) mass is 726 g/mol. The van der Waals surface area contributed by atoms with Gasteiger partial charge < -0.3 is 89.0 Å². The third kappa shape index (κ3) is 7.09. The number of benzene rings is 2. The Hall–Kier alpha value is -3.67. The number of rotatable bonds is 8. The Bertz CT molecular complexity index is 1730. The molecular weight excluding hydrogens is 688 g/mol. The molecule has 1 aromatic heterocycles. The first-order chi connectivity index (χ1) is 24.2. The highest BCUT2D eigenvalue weighted by Gasteiger charge is 2.50. The van der Waals surface area contributed by atoms with Gasteiger partial charge in [0.2, 0.25) is 23.8 Å². The average molecular weight is 727 g/mol. The maximum Gasteiger partial charge on any atom is 0.239 e. The zero-order chi connectivity index (χ0) is 36.9. The third-order valence-corrected chi connectivity index (χ3v) is 8.90. The van der Waals surface area contributed by atoms with Gasteiger partial charge in [-0.3, -0.25) is 4.79 Å². The molecule has 11 N–H and O–H groups in total. The smallest absolute Gasteiger partial charge is 0.239 e. The average Bonchev–Trinajstić information content (AvgIpc) is 3.10. The number of aliphatic hydroxyl groups is 9. The van der Waals surface area contributed by atoms with E-state index in [-0.39, 0.29) is 28.4 Å². The molecule has 19 nitrogen and oxygen atoms in total. The van der Waals surface area contributed by atoms with Crippen LogP contribution in [0.5, 0.6) is 23.0 Å². The van der Waals surface area contributed by atoms with Crippen molar-refractivity contribution in [1.82, 2.24) is 0 Å². The fraction of sp³-hybridized carbons (Fsp3) is 0.531. The molecule has 3 aliphatic rings. The first-order valence-corrected chi connectivity index (χ1v) is 15.8. The van der Waals surface area contributed by atoms with E-state index in [4.69, 9.17) is 32.8 Å². The highest BCUT2D eigenvalue weighted by Crippen LogP contribution is 2.39. The standard InChI is InChI=1S/C32H38O19/c1-10-19(37)23(41)26(44)31(46-10)47-13-6-14(35)18-16(7-13)48-27(11-2-4-12(34)5-3-11)28(22(18)40)50-32-29(24(42)21(39)17(8-33)49-32)51-30-25(43)20(38)15(36)9-45-30/h2-7,10,15,17,19-21,23-26,29-39,41-44H,8-9H2,1H3/t10-,15+,17+,19-,20-,21+,23+,24-,25+,26+,29+,30-,31-,32-/m0/s1. The summed E-state index contributed by atoms with van der Waals surface area (Å²) in [6.07, 6.45) is -22.8. The lowest BCUT2D eigenvalue weighted by molar-refractivity contribution is -0.345. The van der Waals surface area contributed by atoms with Gasteiger partial charge in [-0.05, 0) is 31.2 Å². The second kappa shape index (κ2) is 14.8. The van der Waals surface area contributed by atoms with E-state index in [0.29, 0.717) is 0 Å². The molecule has 19 heteroatoms. The molecule has 4 heterocycles. The highest BCUT2D eigenvalue weighted by atomic mass is 16.8. The van der Waals surface area contributed by atoms with Crippen LogP contribution in [0, 0.1) is 0 Å². The number of aliphatic hydroxyl groups excluding tert-OH is 9. The van der Waals surface area contributed by atoms with Crippen LogP contribution in [0.15, 0.2) is 45.6 Å². The minimum Gasteiger partial charge on any atom is -0.508 e. The van der Waals surface area contributed by atoms with Crippen molar-refractivity contribution in [3.63, 3.8) is 0 Å². The number of phenolic OH excluding ortho intramolecular Hbond substituents is 2. The van der Waals surface area contributed by atoms with Gasteiger partial charge in [-0.25, -0.2) is 0 Å². The Balaban J connectivity index is 1.41. The van der Waals surface area contributed by atoms with Crippen molar-refractivity contribution >= 4 is 11.0 Å². The van der Waals surface area contributed by atoms with Crippen LogP contribution in [-0.2, 0) is 18.9 Å². The zero-order valence-electron chi connectivity index (χ0n) is 26.6. The Morgan fingerprint density at radius 2 is 1.45 bits per heavy atom. The Kier molecular flexibility index (Phi) is 10.7. The van der Waals surface area contributed by atoms with E-state index in [2.05, 4.69) is 0 Å². The van der Waals surface area contributed by atoms with Crippen LogP contribution in [0.1, 0.15) is 6.92 Å². The van der Waals surface area contributed by atoms with E-state index in [9.17, 15) is 61.0 Å².